The molecule has 1 aliphatic rings. The Hall–Kier alpha value is -2.86. The predicted octanol–water partition coefficient (Wildman–Crippen LogP) is 4.83. The molecule has 154 valence electrons. The smallest absolute Gasteiger partial charge is 0.411 e. The minimum absolute atomic E-state index is 0.0154. The zero-order chi connectivity index (χ0) is 21.0. The van der Waals surface area contributed by atoms with Crippen LogP contribution >= 0.6 is 0 Å². The zero-order valence-corrected chi connectivity index (χ0v) is 17.4. The number of hydrogen-bond acceptors (Lipinski definition) is 4. The average Bonchev–Trinajstić information content (AvgIpc) is 2.82. The normalized spacial score (nSPS) is 13.0. The van der Waals surface area contributed by atoms with Crippen molar-refractivity contribution in [2.75, 3.05) is 16.8 Å². The lowest BCUT2D eigenvalue weighted by atomic mass is 10.0. The molecule has 0 bridgehead atoms. The van der Waals surface area contributed by atoms with Gasteiger partial charge in [0.1, 0.15) is 6.61 Å². The van der Waals surface area contributed by atoms with Crippen molar-refractivity contribution in [3.8, 4) is 0 Å². The van der Waals surface area contributed by atoms with E-state index in [-0.39, 0.29) is 24.7 Å². The standard InChI is InChI=1S/C23H28N2O4/c1-15(2)28-14-22(26)25-20-8-6-5-7-17(20)9-10-18-11-12-19(13-21(18)25)24-23(27)29-16(3)4/h5-8,11-13,15-16H,9-10,14H2,1-4H3,(H,24,27). The van der Waals surface area contributed by atoms with Crippen molar-refractivity contribution in [1.29, 1.82) is 0 Å². The maximum absolute atomic E-state index is 13.1. The molecule has 0 radical (unpaired) electrons. The van der Waals surface area contributed by atoms with Gasteiger partial charge in [0.25, 0.3) is 5.91 Å². The molecule has 0 spiro atoms. The maximum atomic E-state index is 13.1. The van der Waals surface area contributed by atoms with E-state index in [4.69, 9.17) is 9.47 Å². The Kier molecular flexibility index (Phi) is 6.54. The molecule has 0 aliphatic carbocycles. The first-order valence-corrected chi connectivity index (χ1v) is 9.98. The Bertz CT molecular complexity index is 892. The van der Waals surface area contributed by atoms with Gasteiger partial charge in [0, 0.05) is 5.69 Å². The van der Waals surface area contributed by atoms with Crippen LogP contribution in [0, 0.1) is 0 Å². The van der Waals surface area contributed by atoms with Gasteiger partial charge < -0.3 is 9.47 Å². The molecule has 1 aliphatic heterocycles. The highest BCUT2D eigenvalue weighted by atomic mass is 16.6. The van der Waals surface area contributed by atoms with Crippen LogP contribution in [0.5, 0.6) is 0 Å². The van der Waals surface area contributed by atoms with Crippen molar-refractivity contribution < 1.29 is 19.1 Å². The fourth-order valence-corrected chi connectivity index (χ4v) is 3.33. The Labute approximate surface area is 171 Å². The number of aryl methyl sites for hydroxylation is 2. The van der Waals surface area contributed by atoms with Gasteiger partial charge in [0.15, 0.2) is 0 Å². The number of amides is 2. The number of anilines is 3. The maximum Gasteiger partial charge on any atom is 0.411 e. The molecule has 0 aromatic heterocycles. The molecule has 1 heterocycles. The minimum atomic E-state index is -0.519. The number of benzene rings is 2. The van der Waals surface area contributed by atoms with Crippen molar-refractivity contribution >= 4 is 29.1 Å². The number of carbonyl (C=O) groups is 2. The molecule has 0 atom stereocenters. The number of hydrogen-bond donors (Lipinski definition) is 1. The van der Waals surface area contributed by atoms with Crippen LogP contribution in [0.1, 0.15) is 38.8 Å². The summed E-state index contributed by atoms with van der Waals surface area (Å²) in [4.78, 5) is 26.9. The van der Waals surface area contributed by atoms with Crippen LogP contribution in [0.25, 0.3) is 0 Å². The monoisotopic (exact) mass is 396 g/mol. The van der Waals surface area contributed by atoms with E-state index < -0.39 is 6.09 Å². The first-order chi connectivity index (χ1) is 13.8. The summed E-state index contributed by atoms with van der Waals surface area (Å²) >= 11 is 0. The molecule has 0 unspecified atom stereocenters. The summed E-state index contributed by atoms with van der Waals surface area (Å²) in [5.74, 6) is -0.142. The lowest BCUT2D eigenvalue weighted by Gasteiger charge is -2.26. The highest BCUT2D eigenvalue weighted by Crippen LogP contribution is 2.37. The van der Waals surface area contributed by atoms with Crippen LogP contribution in [-0.2, 0) is 27.1 Å². The van der Waals surface area contributed by atoms with Gasteiger partial charge in [-0.05, 0) is 69.9 Å². The first kappa shape index (κ1) is 20.9. The summed E-state index contributed by atoms with van der Waals surface area (Å²) in [6, 6.07) is 13.5. The molecule has 0 fully saturated rings. The number of fused-ring (bicyclic) bond motifs is 2. The summed E-state index contributed by atoms with van der Waals surface area (Å²) in [5.41, 5.74) is 4.34. The van der Waals surface area contributed by atoms with E-state index in [2.05, 4.69) is 5.32 Å². The van der Waals surface area contributed by atoms with E-state index in [1.807, 2.05) is 56.3 Å². The topological polar surface area (TPSA) is 67.9 Å². The number of nitrogens with zero attached hydrogens (tertiary/aromatic N) is 1. The average molecular weight is 396 g/mol. The van der Waals surface area contributed by atoms with Gasteiger partial charge in [-0.25, -0.2) is 4.79 Å². The van der Waals surface area contributed by atoms with E-state index in [1.165, 1.54) is 0 Å². The van der Waals surface area contributed by atoms with Gasteiger partial charge in [0.2, 0.25) is 0 Å². The Morgan fingerprint density at radius 3 is 2.34 bits per heavy atom. The van der Waals surface area contributed by atoms with Gasteiger partial charge in [-0.2, -0.15) is 0 Å². The SMILES string of the molecule is CC(C)OCC(=O)N1c2ccccc2CCc2ccc(NC(=O)OC(C)C)cc21. The van der Waals surface area contributed by atoms with Crippen molar-refractivity contribution in [2.45, 2.75) is 52.7 Å². The van der Waals surface area contributed by atoms with Gasteiger partial charge >= 0.3 is 6.09 Å². The lowest BCUT2D eigenvalue weighted by Crippen LogP contribution is -2.31. The highest BCUT2D eigenvalue weighted by Gasteiger charge is 2.26. The van der Waals surface area contributed by atoms with Crippen molar-refractivity contribution in [1.82, 2.24) is 0 Å². The largest absolute Gasteiger partial charge is 0.447 e. The molecule has 2 aromatic carbocycles. The van der Waals surface area contributed by atoms with Crippen LogP contribution in [0.3, 0.4) is 0 Å². The van der Waals surface area contributed by atoms with Crippen LogP contribution in [0.2, 0.25) is 0 Å². The molecule has 6 heteroatoms. The predicted molar refractivity (Wildman–Crippen MR) is 114 cm³/mol. The molecular formula is C23H28N2O4. The summed E-state index contributed by atoms with van der Waals surface area (Å²) in [6.07, 6.45) is 0.862. The van der Waals surface area contributed by atoms with Crippen LogP contribution in [-0.4, -0.2) is 30.8 Å². The second kappa shape index (κ2) is 9.09. The molecule has 2 aromatic rings. The summed E-state index contributed by atoms with van der Waals surface area (Å²) in [6.45, 7) is 7.38. The summed E-state index contributed by atoms with van der Waals surface area (Å²) in [7, 11) is 0. The second-order valence-electron chi connectivity index (χ2n) is 7.64. The highest BCUT2D eigenvalue weighted by molar-refractivity contribution is 6.03. The molecule has 0 saturated heterocycles. The first-order valence-electron chi connectivity index (χ1n) is 9.98. The van der Waals surface area contributed by atoms with E-state index in [1.54, 1.807) is 18.7 Å². The molecule has 2 amide bonds. The second-order valence-corrected chi connectivity index (χ2v) is 7.64. The Balaban J connectivity index is 1.99. The number of ether oxygens (including phenoxy) is 2. The Morgan fingerprint density at radius 2 is 1.66 bits per heavy atom. The van der Waals surface area contributed by atoms with Crippen molar-refractivity contribution in [2.24, 2.45) is 0 Å². The van der Waals surface area contributed by atoms with Gasteiger partial charge in [-0.3, -0.25) is 15.0 Å². The molecular weight excluding hydrogens is 368 g/mol. The third-order valence-electron chi connectivity index (χ3n) is 4.60. The minimum Gasteiger partial charge on any atom is -0.447 e. The van der Waals surface area contributed by atoms with E-state index in [0.29, 0.717) is 5.69 Å². The van der Waals surface area contributed by atoms with Gasteiger partial charge in [-0.15, -0.1) is 0 Å². The quantitative estimate of drug-likeness (QED) is 0.786. The molecule has 1 N–H and O–H groups in total. The zero-order valence-electron chi connectivity index (χ0n) is 17.4. The third kappa shape index (κ3) is 5.15. The van der Waals surface area contributed by atoms with Gasteiger partial charge in [-0.1, -0.05) is 24.3 Å². The fraction of sp³-hybridized carbons (Fsp3) is 0.391. The van der Waals surface area contributed by atoms with Gasteiger partial charge in [0.05, 0.1) is 23.6 Å². The number of rotatable bonds is 5. The summed E-state index contributed by atoms with van der Waals surface area (Å²) < 4.78 is 10.8. The summed E-state index contributed by atoms with van der Waals surface area (Å²) in [5, 5.41) is 2.75. The number of carbonyl (C=O) groups excluding carboxylic acids is 2. The van der Waals surface area contributed by atoms with E-state index in [0.717, 1.165) is 35.3 Å². The molecule has 29 heavy (non-hydrogen) atoms. The Morgan fingerprint density at radius 1 is 0.966 bits per heavy atom. The third-order valence-corrected chi connectivity index (χ3v) is 4.60. The molecule has 3 rings (SSSR count). The number of para-hydroxylation sites is 1. The van der Waals surface area contributed by atoms with Crippen molar-refractivity contribution in [3.63, 3.8) is 0 Å². The van der Waals surface area contributed by atoms with Crippen LogP contribution < -0.4 is 10.2 Å². The molecule has 0 saturated carbocycles. The molecule has 6 nitrogen and oxygen atoms in total. The van der Waals surface area contributed by atoms with E-state index >= 15 is 0 Å². The van der Waals surface area contributed by atoms with Crippen molar-refractivity contribution in [3.05, 3.63) is 53.6 Å². The van der Waals surface area contributed by atoms with Crippen LogP contribution in [0.4, 0.5) is 21.9 Å². The fourth-order valence-electron chi connectivity index (χ4n) is 3.33. The lowest BCUT2D eigenvalue weighted by molar-refractivity contribution is -0.123. The number of nitrogens with one attached hydrogen (secondary N) is 1. The van der Waals surface area contributed by atoms with Crippen LogP contribution in [0.15, 0.2) is 42.5 Å². The van der Waals surface area contributed by atoms with E-state index in [9.17, 15) is 9.59 Å².